The third kappa shape index (κ3) is 16.5. The van der Waals surface area contributed by atoms with Crippen molar-refractivity contribution in [3.05, 3.63) is 0 Å². The average Bonchev–Trinajstić information content (AvgIpc) is 2.01. The van der Waals surface area contributed by atoms with Gasteiger partial charge in [-0.25, -0.2) is 13.1 Å². The maximum absolute atomic E-state index is 10.5. The summed E-state index contributed by atoms with van der Waals surface area (Å²) < 4.78 is 23.4. The topological polar surface area (TPSA) is 46.2 Å². The lowest BCUT2D eigenvalue weighted by Crippen LogP contribution is -2.22. The van der Waals surface area contributed by atoms with Gasteiger partial charge < -0.3 is 0 Å². The van der Waals surface area contributed by atoms with E-state index in [1.54, 1.807) is 0 Å². The van der Waals surface area contributed by atoms with Crippen LogP contribution in [0.15, 0.2) is 0 Å². The fourth-order valence-corrected chi connectivity index (χ4v) is 1.15. The Morgan fingerprint density at radius 3 is 2.00 bits per heavy atom. The van der Waals surface area contributed by atoms with Crippen LogP contribution < -0.4 is 4.72 Å². The van der Waals surface area contributed by atoms with Crippen LogP contribution in [0.25, 0.3) is 0 Å². The Morgan fingerprint density at radius 1 is 1.17 bits per heavy atom. The highest BCUT2D eigenvalue weighted by Gasteiger charge is 1.96. The highest BCUT2D eigenvalue weighted by molar-refractivity contribution is 7.88. The molecule has 0 bridgehead atoms. The first-order valence-electron chi connectivity index (χ1n) is 4.51. The summed E-state index contributed by atoms with van der Waals surface area (Å²) in [4.78, 5) is 0. The van der Waals surface area contributed by atoms with Crippen molar-refractivity contribution < 1.29 is 8.42 Å². The summed E-state index contributed by atoms with van der Waals surface area (Å²) in [5.41, 5.74) is 0. The van der Waals surface area contributed by atoms with Crippen LogP contribution >= 0.6 is 0 Å². The number of nitrogens with one attached hydrogen (secondary N) is 1. The van der Waals surface area contributed by atoms with E-state index in [4.69, 9.17) is 0 Å². The second-order valence-corrected chi connectivity index (χ2v) is 4.21. The molecule has 3 nitrogen and oxygen atoms in total. The second-order valence-electron chi connectivity index (χ2n) is 2.37. The maximum atomic E-state index is 10.5. The molecular weight excluding hydrogens is 174 g/mol. The molecule has 0 saturated carbocycles. The van der Waals surface area contributed by atoms with Gasteiger partial charge in [-0.1, -0.05) is 33.6 Å². The van der Waals surface area contributed by atoms with Crippen LogP contribution in [0.2, 0.25) is 0 Å². The summed E-state index contributed by atoms with van der Waals surface area (Å²) in [5.74, 6) is 0. The molecule has 0 atom stereocenters. The van der Waals surface area contributed by atoms with Crippen molar-refractivity contribution in [3.63, 3.8) is 0 Å². The second kappa shape index (κ2) is 9.00. The van der Waals surface area contributed by atoms with Gasteiger partial charge in [-0.05, 0) is 6.42 Å². The molecule has 0 heterocycles. The van der Waals surface area contributed by atoms with Gasteiger partial charge in [0.25, 0.3) is 0 Å². The predicted molar refractivity (Wildman–Crippen MR) is 53.7 cm³/mol. The fraction of sp³-hybridized carbons (Fsp3) is 1.00. The summed E-state index contributed by atoms with van der Waals surface area (Å²) in [6.07, 6.45) is 4.32. The van der Waals surface area contributed by atoms with Crippen LogP contribution in [0.4, 0.5) is 0 Å². The van der Waals surface area contributed by atoms with Crippen LogP contribution in [-0.2, 0) is 10.0 Å². The van der Waals surface area contributed by atoms with E-state index in [1.165, 1.54) is 6.26 Å². The van der Waals surface area contributed by atoms with Gasteiger partial charge >= 0.3 is 0 Å². The Bertz CT molecular complexity index is 164. The molecule has 4 heteroatoms. The molecule has 0 saturated heterocycles. The van der Waals surface area contributed by atoms with E-state index in [2.05, 4.69) is 11.6 Å². The van der Waals surface area contributed by atoms with Crippen LogP contribution in [-0.4, -0.2) is 21.2 Å². The minimum Gasteiger partial charge on any atom is -0.215 e. The molecule has 0 radical (unpaired) electrons. The SMILES string of the molecule is CC.CCCCCNS(C)(=O)=O. The lowest BCUT2D eigenvalue weighted by molar-refractivity contribution is 0.582. The first-order valence-corrected chi connectivity index (χ1v) is 6.40. The Kier molecular flexibility index (Phi) is 10.8. The third-order valence-corrected chi connectivity index (χ3v) is 1.87. The zero-order valence-corrected chi connectivity index (χ0v) is 9.37. The molecule has 0 rings (SSSR count). The van der Waals surface area contributed by atoms with Gasteiger partial charge in [0, 0.05) is 6.54 Å². The summed E-state index contributed by atoms with van der Waals surface area (Å²) in [7, 11) is -2.95. The van der Waals surface area contributed by atoms with E-state index < -0.39 is 10.0 Å². The average molecular weight is 195 g/mol. The van der Waals surface area contributed by atoms with Crippen molar-refractivity contribution in [1.82, 2.24) is 4.72 Å². The summed E-state index contributed by atoms with van der Waals surface area (Å²) >= 11 is 0. The zero-order chi connectivity index (χ0) is 10.0. The molecule has 0 aromatic rings. The minimum absolute atomic E-state index is 0.576. The fourth-order valence-electron chi connectivity index (χ4n) is 0.633. The van der Waals surface area contributed by atoms with Crippen molar-refractivity contribution in [1.29, 1.82) is 0 Å². The smallest absolute Gasteiger partial charge is 0.208 e. The van der Waals surface area contributed by atoms with Crippen LogP contribution in [0.5, 0.6) is 0 Å². The normalized spacial score (nSPS) is 10.3. The van der Waals surface area contributed by atoms with Gasteiger partial charge in [-0.2, -0.15) is 0 Å². The maximum Gasteiger partial charge on any atom is 0.208 e. The zero-order valence-electron chi connectivity index (χ0n) is 8.55. The molecule has 0 aromatic heterocycles. The monoisotopic (exact) mass is 195 g/mol. The van der Waals surface area contributed by atoms with Crippen LogP contribution in [0.1, 0.15) is 40.0 Å². The molecule has 0 fully saturated rings. The van der Waals surface area contributed by atoms with Crippen molar-refractivity contribution >= 4 is 10.0 Å². The molecular formula is C8H21NO2S. The van der Waals surface area contributed by atoms with Gasteiger partial charge in [-0.15, -0.1) is 0 Å². The highest BCUT2D eigenvalue weighted by atomic mass is 32.2. The molecule has 0 aliphatic rings. The van der Waals surface area contributed by atoms with E-state index in [0.717, 1.165) is 19.3 Å². The Balaban J connectivity index is 0. The molecule has 0 aliphatic heterocycles. The Morgan fingerprint density at radius 2 is 1.67 bits per heavy atom. The standard InChI is InChI=1S/C6H15NO2S.C2H6/c1-3-4-5-6-7-10(2,8)9;1-2/h7H,3-6H2,1-2H3;1-2H3. The van der Waals surface area contributed by atoms with Gasteiger partial charge in [0.05, 0.1) is 6.26 Å². The lowest BCUT2D eigenvalue weighted by Gasteiger charge is -1.99. The molecule has 1 N–H and O–H groups in total. The van der Waals surface area contributed by atoms with E-state index in [9.17, 15) is 8.42 Å². The molecule has 0 unspecified atom stereocenters. The molecule has 12 heavy (non-hydrogen) atoms. The van der Waals surface area contributed by atoms with Crippen molar-refractivity contribution in [2.75, 3.05) is 12.8 Å². The molecule has 0 aliphatic carbocycles. The van der Waals surface area contributed by atoms with Gasteiger partial charge in [0.1, 0.15) is 0 Å². The number of hydrogen-bond donors (Lipinski definition) is 1. The van der Waals surface area contributed by atoms with Gasteiger partial charge in [0.15, 0.2) is 0 Å². The number of unbranched alkanes of at least 4 members (excludes halogenated alkanes) is 2. The van der Waals surface area contributed by atoms with Crippen LogP contribution in [0, 0.1) is 0 Å². The highest BCUT2D eigenvalue weighted by Crippen LogP contribution is 1.91. The first kappa shape index (κ1) is 14.4. The quantitative estimate of drug-likeness (QED) is 0.679. The number of rotatable bonds is 5. The summed E-state index contributed by atoms with van der Waals surface area (Å²) in [5, 5.41) is 0. The summed E-state index contributed by atoms with van der Waals surface area (Å²) in [6.45, 7) is 6.66. The summed E-state index contributed by atoms with van der Waals surface area (Å²) in [6, 6.07) is 0. The number of sulfonamides is 1. The van der Waals surface area contributed by atoms with Gasteiger partial charge in [-0.3, -0.25) is 0 Å². The Labute approximate surface area is 76.6 Å². The van der Waals surface area contributed by atoms with Gasteiger partial charge in [0.2, 0.25) is 10.0 Å². The third-order valence-electron chi connectivity index (χ3n) is 1.14. The van der Waals surface area contributed by atoms with Crippen molar-refractivity contribution in [3.8, 4) is 0 Å². The van der Waals surface area contributed by atoms with Crippen molar-refractivity contribution in [2.45, 2.75) is 40.0 Å². The predicted octanol–water partition coefficient (Wildman–Crippen LogP) is 1.75. The molecule has 0 amide bonds. The van der Waals surface area contributed by atoms with E-state index in [0.29, 0.717) is 6.54 Å². The minimum atomic E-state index is -2.95. The first-order chi connectivity index (χ1) is 5.56. The van der Waals surface area contributed by atoms with Crippen LogP contribution in [0.3, 0.4) is 0 Å². The van der Waals surface area contributed by atoms with E-state index in [1.807, 2.05) is 13.8 Å². The molecule has 76 valence electrons. The van der Waals surface area contributed by atoms with E-state index >= 15 is 0 Å². The molecule has 0 aromatic carbocycles. The number of hydrogen-bond acceptors (Lipinski definition) is 2. The lowest BCUT2D eigenvalue weighted by atomic mass is 10.3. The van der Waals surface area contributed by atoms with Crippen molar-refractivity contribution in [2.24, 2.45) is 0 Å². The molecule has 0 spiro atoms. The van der Waals surface area contributed by atoms with E-state index in [-0.39, 0.29) is 0 Å². The Hall–Kier alpha value is -0.0900. The largest absolute Gasteiger partial charge is 0.215 e.